The van der Waals surface area contributed by atoms with Crippen LogP contribution in [0.15, 0.2) is 12.1 Å². The number of benzene rings is 1. The van der Waals surface area contributed by atoms with Gasteiger partial charge in [-0.15, -0.1) is 0 Å². The highest BCUT2D eigenvalue weighted by molar-refractivity contribution is 5.78. The maximum atomic E-state index is 11.9. The number of esters is 1. The highest BCUT2D eigenvalue weighted by Crippen LogP contribution is 2.38. The summed E-state index contributed by atoms with van der Waals surface area (Å²) in [4.78, 5) is 11.9. The predicted octanol–water partition coefficient (Wildman–Crippen LogP) is 3.03. The zero-order valence-electron chi connectivity index (χ0n) is 13.6. The molecule has 2 N–H and O–H groups in total. The summed E-state index contributed by atoms with van der Waals surface area (Å²) >= 11 is 0. The Bertz CT molecular complexity index is 506. The molecule has 0 aliphatic carbocycles. The molecule has 0 fully saturated rings. The van der Waals surface area contributed by atoms with E-state index in [1.807, 2.05) is 19.1 Å². The van der Waals surface area contributed by atoms with Gasteiger partial charge in [-0.1, -0.05) is 32.9 Å². The SMILES string of the molecule is CCC(C)(C)c1cc(C(C)C(=O)OCCO)cc(C)c1O. The van der Waals surface area contributed by atoms with Crippen LogP contribution in [-0.2, 0) is 14.9 Å². The monoisotopic (exact) mass is 294 g/mol. The van der Waals surface area contributed by atoms with Gasteiger partial charge >= 0.3 is 5.97 Å². The number of rotatable bonds is 6. The van der Waals surface area contributed by atoms with E-state index in [0.717, 1.165) is 23.1 Å². The molecule has 0 aliphatic heterocycles. The smallest absolute Gasteiger partial charge is 0.313 e. The first-order chi connectivity index (χ1) is 9.74. The molecule has 118 valence electrons. The Morgan fingerprint density at radius 1 is 1.38 bits per heavy atom. The molecule has 0 aliphatic rings. The van der Waals surface area contributed by atoms with E-state index in [2.05, 4.69) is 20.8 Å². The molecular formula is C17H26O4. The van der Waals surface area contributed by atoms with Crippen molar-refractivity contribution < 1.29 is 19.7 Å². The van der Waals surface area contributed by atoms with E-state index in [4.69, 9.17) is 9.84 Å². The van der Waals surface area contributed by atoms with E-state index in [1.165, 1.54) is 0 Å². The third-order valence-corrected chi connectivity index (χ3v) is 4.12. The van der Waals surface area contributed by atoms with Crippen LogP contribution in [0.2, 0.25) is 0 Å². The quantitative estimate of drug-likeness (QED) is 0.791. The number of aromatic hydroxyl groups is 1. The Labute approximate surface area is 126 Å². The number of ether oxygens (including phenoxy) is 1. The number of aryl methyl sites for hydroxylation is 1. The van der Waals surface area contributed by atoms with Crippen LogP contribution >= 0.6 is 0 Å². The van der Waals surface area contributed by atoms with Gasteiger partial charge in [0, 0.05) is 5.56 Å². The lowest BCUT2D eigenvalue weighted by atomic mass is 9.79. The summed E-state index contributed by atoms with van der Waals surface area (Å²) in [7, 11) is 0. The molecule has 0 amide bonds. The van der Waals surface area contributed by atoms with Crippen molar-refractivity contribution >= 4 is 5.97 Å². The predicted molar refractivity (Wildman–Crippen MR) is 82.6 cm³/mol. The molecule has 0 saturated carbocycles. The minimum Gasteiger partial charge on any atom is -0.507 e. The average Bonchev–Trinajstić information content (AvgIpc) is 2.46. The lowest BCUT2D eigenvalue weighted by molar-refractivity contribution is -0.146. The Kier molecular flexibility index (Phi) is 5.78. The second-order valence-electron chi connectivity index (χ2n) is 6.08. The molecule has 1 aromatic carbocycles. The molecule has 21 heavy (non-hydrogen) atoms. The van der Waals surface area contributed by atoms with Gasteiger partial charge in [0.2, 0.25) is 0 Å². The number of carbonyl (C=O) groups is 1. The molecule has 0 radical (unpaired) electrons. The number of phenolic OH excluding ortho intramolecular Hbond substituents is 1. The van der Waals surface area contributed by atoms with E-state index in [0.29, 0.717) is 5.75 Å². The van der Waals surface area contributed by atoms with Crippen molar-refractivity contribution in [3.05, 3.63) is 28.8 Å². The first-order valence-electron chi connectivity index (χ1n) is 7.36. The van der Waals surface area contributed by atoms with Crippen molar-refractivity contribution in [1.29, 1.82) is 0 Å². The molecule has 1 rings (SSSR count). The summed E-state index contributed by atoms with van der Waals surface area (Å²) in [5, 5.41) is 19.0. The third kappa shape index (κ3) is 3.97. The Hall–Kier alpha value is -1.55. The second kappa shape index (κ2) is 6.94. The van der Waals surface area contributed by atoms with Crippen molar-refractivity contribution in [1.82, 2.24) is 0 Å². The van der Waals surface area contributed by atoms with Gasteiger partial charge in [0.25, 0.3) is 0 Å². The van der Waals surface area contributed by atoms with Crippen LogP contribution in [0.4, 0.5) is 0 Å². The van der Waals surface area contributed by atoms with Crippen LogP contribution in [0.25, 0.3) is 0 Å². The van der Waals surface area contributed by atoms with Crippen LogP contribution in [0.1, 0.15) is 56.7 Å². The summed E-state index contributed by atoms with van der Waals surface area (Å²) in [6, 6.07) is 3.70. The van der Waals surface area contributed by atoms with Crippen LogP contribution in [0.3, 0.4) is 0 Å². The number of phenols is 1. The van der Waals surface area contributed by atoms with Gasteiger partial charge in [-0.3, -0.25) is 4.79 Å². The molecule has 0 spiro atoms. The lowest BCUT2D eigenvalue weighted by Crippen LogP contribution is -2.19. The van der Waals surface area contributed by atoms with Crippen molar-refractivity contribution in [3.63, 3.8) is 0 Å². The Morgan fingerprint density at radius 2 is 2.00 bits per heavy atom. The molecular weight excluding hydrogens is 268 g/mol. The molecule has 1 atom stereocenters. The van der Waals surface area contributed by atoms with Gasteiger partial charge in [0.15, 0.2) is 0 Å². The fraction of sp³-hybridized carbons (Fsp3) is 0.588. The minimum absolute atomic E-state index is 0.00749. The normalized spacial score (nSPS) is 13.0. The topological polar surface area (TPSA) is 66.8 Å². The van der Waals surface area contributed by atoms with Crippen molar-refractivity contribution in [3.8, 4) is 5.75 Å². The molecule has 0 bridgehead atoms. The van der Waals surface area contributed by atoms with Gasteiger partial charge in [0.1, 0.15) is 12.4 Å². The van der Waals surface area contributed by atoms with Crippen molar-refractivity contribution in [2.24, 2.45) is 0 Å². The molecule has 0 saturated heterocycles. The lowest BCUT2D eigenvalue weighted by Gasteiger charge is -2.26. The van der Waals surface area contributed by atoms with Gasteiger partial charge in [-0.25, -0.2) is 0 Å². The first-order valence-corrected chi connectivity index (χ1v) is 7.36. The number of aliphatic hydroxyl groups is 1. The Balaban J connectivity index is 3.18. The zero-order valence-corrected chi connectivity index (χ0v) is 13.6. The highest BCUT2D eigenvalue weighted by Gasteiger charge is 2.26. The zero-order chi connectivity index (χ0) is 16.2. The number of aliphatic hydroxyl groups excluding tert-OH is 1. The fourth-order valence-electron chi connectivity index (χ4n) is 2.17. The molecule has 1 unspecified atom stereocenters. The van der Waals surface area contributed by atoms with Crippen molar-refractivity contribution in [2.45, 2.75) is 52.4 Å². The molecule has 4 nitrogen and oxygen atoms in total. The summed E-state index contributed by atoms with van der Waals surface area (Å²) in [5.74, 6) is -0.502. The van der Waals surface area contributed by atoms with E-state index in [9.17, 15) is 9.90 Å². The maximum Gasteiger partial charge on any atom is 0.313 e. The summed E-state index contributed by atoms with van der Waals surface area (Å²) in [6.07, 6.45) is 0.882. The third-order valence-electron chi connectivity index (χ3n) is 4.12. The fourth-order valence-corrected chi connectivity index (χ4v) is 2.17. The van der Waals surface area contributed by atoms with E-state index < -0.39 is 5.92 Å². The van der Waals surface area contributed by atoms with E-state index in [-0.39, 0.29) is 24.6 Å². The van der Waals surface area contributed by atoms with Crippen LogP contribution < -0.4 is 0 Å². The minimum atomic E-state index is -0.428. The largest absolute Gasteiger partial charge is 0.507 e. The number of carbonyl (C=O) groups excluding carboxylic acids is 1. The maximum absolute atomic E-state index is 11.9. The Morgan fingerprint density at radius 3 is 2.52 bits per heavy atom. The summed E-state index contributed by atoms with van der Waals surface area (Å²) < 4.78 is 4.98. The van der Waals surface area contributed by atoms with Gasteiger partial charge in [-0.2, -0.15) is 0 Å². The van der Waals surface area contributed by atoms with E-state index in [1.54, 1.807) is 6.92 Å². The standard InChI is InChI=1S/C17H26O4/c1-6-17(4,5)14-10-13(9-11(2)15(14)19)12(3)16(20)21-8-7-18/h9-10,12,18-19H,6-8H2,1-5H3. The van der Waals surface area contributed by atoms with Gasteiger partial charge in [-0.05, 0) is 36.8 Å². The first kappa shape index (κ1) is 17.5. The summed E-state index contributed by atoms with van der Waals surface area (Å²) in [6.45, 7) is 9.64. The van der Waals surface area contributed by atoms with Crippen molar-refractivity contribution in [2.75, 3.05) is 13.2 Å². The average molecular weight is 294 g/mol. The van der Waals surface area contributed by atoms with Crippen LogP contribution in [0, 0.1) is 6.92 Å². The molecule has 4 heteroatoms. The summed E-state index contributed by atoms with van der Waals surface area (Å²) in [5.41, 5.74) is 2.26. The number of hydrogen-bond acceptors (Lipinski definition) is 4. The van der Waals surface area contributed by atoms with Gasteiger partial charge in [0.05, 0.1) is 12.5 Å². The van der Waals surface area contributed by atoms with Gasteiger partial charge < -0.3 is 14.9 Å². The number of hydrogen-bond donors (Lipinski definition) is 2. The van der Waals surface area contributed by atoms with Crippen LogP contribution in [0.5, 0.6) is 5.75 Å². The molecule has 0 aromatic heterocycles. The van der Waals surface area contributed by atoms with E-state index >= 15 is 0 Å². The highest BCUT2D eigenvalue weighted by atomic mass is 16.5. The van der Waals surface area contributed by atoms with Crippen LogP contribution in [-0.4, -0.2) is 29.4 Å². The second-order valence-corrected chi connectivity index (χ2v) is 6.08. The molecule has 0 heterocycles. The molecule has 1 aromatic rings.